The molecule has 2 aromatic rings. The highest BCUT2D eigenvalue weighted by Crippen LogP contribution is 2.37. The van der Waals surface area contributed by atoms with E-state index in [4.69, 9.17) is 9.47 Å². The molecule has 0 aliphatic rings. The molecule has 0 saturated carbocycles. The minimum Gasteiger partial charge on any atom is -0.489 e. The maximum absolute atomic E-state index is 12.5. The number of esters is 1. The van der Waals surface area contributed by atoms with Crippen molar-refractivity contribution in [3.63, 3.8) is 0 Å². The van der Waals surface area contributed by atoms with Gasteiger partial charge in [-0.05, 0) is 40.2 Å². The second-order valence-electron chi connectivity index (χ2n) is 6.58. The summed E-state index contributed by atoms with van der Waals surface area (Å²) >= 11 is 0. The average Bonchev–Trinajstić information content (AvgIpc) is 2.58. The van der Waals surface area contributed by atoms with Gasteiger partial charge in [0.2, 0.25) is 0 Å². The number of aryl methyl sites for hydroxylation is 2. The molecule has 5 heteroatoms. The van der Waals surface area contributed by atoms with E-state index in [0.717, 1.165) is 11.3 Å². The first-order valence-corrected chi connectivity index (χ1v) is 8.51. The summed E-state index contributed by atoms with van der Waals surface area (Å²) in [5.74, 6) is 0.945. The van der Waals surface area contributed by atoms with Crippen LogP contribution in [-0.4, -0.2) is 29.2 Å². The molecule has 0 aliphatic carbocycles. The highest BCUT2D eigenvalue weighted by Gasteiger charge is 2.39. The zero-order chi connectivity index (χ0) is 18.4. The topological polar surface area (TPSA) is 61.3 Å². The molecule has 0 saturated heterocycles. The molecule has 1 aromatic heterocycles. The first-order valence-electron chi connectivity index (χ1n) is 8.51. The third-order valence-electron chi connectivity index (χ3n) is 4.33. The summed E-state index contributed by atoms with van der Waals surface area (Å²) in [6.45, 7) is 10.0. The zero-order valence-corrected chi connectivity index (χ0v) is 15.6. The smallest absolute Gasteiger partial charge is 0.312 e. The molecule has 134 valence electrons. The van der Waals surface area contributed by atoms with Gasteiger partial charge >= 0.3 is 5.97 Å². The van der Waals surface area contributed by atoms with Gasteiger partial charge in [0.15, 0.2) is 5.75 Å². The SMILES string of the molecule is CCOC(=O)C(C)(C)C(COc1cnc(C)nc1C)c1ccccc1. The fourth-order valence-electron chi connectivity index (χ4n) is 2.75. The van der Waals surface area contributed by atoms with Gasteiger partial charge in [0, 0.05) is 5.92 Å². The van der Waals surface area contributed by atoms with Crippen molar-refractivity contribution in [2.24, 2.45) is 5.41 Å². The predicted molar refractivity (Wildman–Crippen MR) is 96.6 cm³/mol. The van der Waals surface area contributed by atoms with Crippen LogP contribution in [-0.2, 0) is 9.53 Å². The molecular formula is C20H26N2O3. The van der Waals surface area contributed by atoms with Crippen LogP contribution in [0.5, 0.6) is 5.75 Å². The summed E-state index contributed by atoms with van der Waals surface area (Å²) in [5, 5.41) is 0. The zero-order valence-electron chi connectivity index (χ0n) is 15.6. The second-order valence-corrected chi connectivity index (χ2v) is 6.58. The summed E-state index contributed by atoms with van der Waals surface area (Å²) in [4.78, 5) is 21.0. The van der Waals surface area contributed by atoms with E-state index in [1.54, 1.807) is 6.20 Å². The average molecular weight is 342 g/mol. The van der Waals surface area contributed by atoms with Crippen LogP contribution >= 0.6 is 0 Å². The van der Waals surface area contributed by atoms with Crippen LogP contribution in [0.25, 0.3) is 0 Å². The van der Waals surface area contributed by atoms with E-state index >= 15 is 0 Å². The molecular weight excluding hydrogens is 316 g/mol. The first kappa shape index (κ1) is 18.9. The second kappa shape index (κ2) is 8.10. The lowest BCUT2D eigenvalue weighted by Crippen LogP contribution is -2.36. The Bertz CT molecular complexity index is 714. The predicted octanol–water partition coefficient (Wildman–Crippen LogP) is 3.85. The molecule has 0 bridgehead atoms. The van der Waals surface area contributed by atoms with E-state index < -0.39 is 5.41 Å². The van der Waals surface area contributed by atoms with E-state index in [1.165, 1.54) is 0 Å². The van der Waals surface area contributed by atoms with Gasteiger partial charge < -0.3 is 9.47 Å². The molecule has 1 heterocycles. The van der Waals surface area contributed by atoms with Crippen LogP contribution in [0.1, 0.15) is 43.8 Å². The van der Waals surface area contributed by atoms with Crippen LogP contribution in [0.4, 0.5) is 0 Å². The Kier molecular flexibility index (Phi) is 6.12. The summed E-state index contributed by atoms with van der Waals surface area (Å²) in [6, 6.07) is 9.89. The number of rotatable bonds is 7. The van der Waals surface area contributed by atoms with Crippen LogP contribution in [0.15, 0.2) is 36.5 Å². The summed E-state index contributed by atoms with van der Waals surface area (Å²) in [5.41, 5.74) is 1.09. The molecule has 25 heavy (non-hydrogen) atoms. The van der Waals surface area contributed by atoms with E-state index in [1.807, 2.05) is 65.0 Å². The van der Waals surface area contributed by atoms with Crippen molar-refractivity contribution in [1.29, 1.82) is 0 Å². The molecule has 1 atom stereocenters. The van der Waals surface area contributed by atoms with Crippen LogP contribution in [0, 0.1) is 19.3 Å². The molecule has 2 rings (SSSR count). The van der Waals surface area contributed by atoms with E-state index in [-0.39, 0.29) is 11.9 Å². The van der Waals surface area contributed by atoms with E-state index in [2.05, 4.69) is 9.97 Å². The third-order valence-corrected chi connectivity index (χ3v) is 4.33. The monoisotopic (exact) mass is 342 g/mol. The molecule has 0 N–H and O–H groups in total. The fraction of sp³-hybridized carbons (Fsp3) is 0.450. The number of carbonyl (C=O) groups excluding carboxylic acids is 1. The molecule has 0 fully saturated rings. The maximum atomic E-state index is 12.5. The van der Waals surface area contributed by atoms with Gasteiger partial charge in [-0.2, -0.15) is 0 Å². The van der Waals surface area contributed by atoms with Crippen molar-refractivity contribution in [2.75, 3.05) is 13.2 Å². The van der Waals surface area contributed by atoms with Crippen molar-refractivity contribution in [3.05, 3.63) is 53.6 Å². The van der Waals surface area contributed by atoms with Gasteiger partial charge in [0.05, 0.1) is 30.5 Å². The van der Waals surface area contributed by atoms with Gasteiger partial charge in [-0.3, -0.25) is 4.79 Å². The number of benzene rings is 1. The number of nitrogens with zero attached hydrogens (tertiary/aromatic N) is 2. The lowest BCUT2D eigenvalue weighted by molar-refractivity contribution is -0.155. The van der Waals surface area contributed by atoms with E-state index in [0.29, 0.717) is 24.8 Å². The highest BCUT2D eigenvalue weighted by molar-refractivity contribution is 5.77. The third kappa shape index (κ3) is 4.56. The van der Waals surface area contributed by atoms with Crippen molar-refractivity contribution in [2.45, 2.75) is 40.5 Å². The lowest BCUT2D eigenvalue weighted by Gasteiger charge is -2.32. The standard InChI is InChI=1S/C20H26N2O3/c1-6-24-19(23)20(4,5)17(16-10-8-7-9-11-16)13-25-18-12-21-15(3)22-14(18)2/h7-12,17H,6,13H2,1-5H3. The Morgan fingerprint density at radius 2 is 1.88 bits per heavy atom. The molecule has 1 unspecified atom stereocenters. The largest absolute Gasteiger partial charge is 0.489 e. The van der Waals surface area contributed by atoms with Crippen LogP contribution in [0.2, 0.25) is 0 Å². The van der Waals surface area contributed by atoms with Crippen molar-refractivity contribution < 1.29 is 14.3 Å². The Labute approximate surface area is 149 Å². The Hall–Kier alpha value is -2.43. The fourth-order valence-corrected chi connectivity index (χ4v) is 2.75. The van der Waals surface area contributed by atoms with Gasteiger partial charge in [0.1, 0.15) is 5.82 Å². The minimum atomic E-state index is -0.725. The van der Waals surface area contributed by atoms with Gasteiger partial charge in [-0.15, -0.1) is 0 Å². The molecule has 0 spiro atoms. The lowest BCUT2D eigenvalue weighted by atomic mass is 9.75. The normalized spacial score (nSPS) is 12.5. The van der Waals surface area contributed by atoms with Crippen molar-refractivity contribution >= 4 is 5.97 Å². The molecule has 0 aliphatic heterocycles. The quantitative estimate of drug-likeness (QED) is 0.715. The summed E-state index contributed by atoms with van der Waals surface area (Å²) in [6.07, 6.45) is 1.68. The van der Waals surface area contributed by atoms with Crippen molar-refractivity contribution in [1.82, 2.24) is 9.97 Å². The molecule has 5 nitrogen and oxygen atoms in total. The summed E-state index contributed by atoms with van der Waals surface area (Å²) in [7, 11) is 0. The number of ether oxygens (including phenoxy) is 2. The molecule has 0 radical (unpaired) electrons. The number of hydrogen-bond acceptors (Lipinski definition) is 5. The Morgan fingerprint density at radius 1 is 1.20 bits per heavy atom. The van der Waals surface area contributed by atoms with Crippen molar-refractivity contribution in [3.8, 4) is 5.75 Å². The number of hydrogen-bond donors (Lipinski definition) is 0. The molecule has 0 amide bonds. The van der Waals surface area contributed by atoms with Crippen LogP contribution < -0.4 is 4.74 Å². The number of carbonyl (C=O) groups is 1. The maximum Gasteiger partial charge on any atom is 0.312 e. The molecule has 1 aromatic carbocycles. The van der Waals surface area contributed by atoms with Gasteiger partial charge in [0.25, 0.3) is 0 Å². The van der Waals surface area contributed by atoms with E-state index in [9.17, 15) is 4.79 Å². The first-order chi connectivity index (χ1) is 11.9. The Morgan fingerprint density at radius 3 is 2.48 bits per heavy atom. The highest BCUT2D eigenvalue weighted by atomic mass is 16.5. The summed E-state index contributed by atoms with van der Waals surface area (Å²) < 4.78 is 11.3. The van der Waals surface area contributed by atoms with Gasteiger partial charge in [-0.25, -0.2) is 9.97 Å². The number of aromatic nitrogens is 2. The minimum absolute atomic E-state index is 0.159. The van der Waals surface area contributed by atoms with Gasteiger partial charge in [-0.1, -0.05) is 30.3 Å². The Balaban J connectivity index is 2.27. The van der Waals surface area contributed by atoms with Crippen LogP contribution in [0.3, 0.4) is 0 Å².